The number of hydrogen-bond acceptors (Lipinski definition) is 5. The fourth-order valence-electron chi connectivity index (χ4n) is 6.44. The van der Waals surface area contributed by atoms with Crippen molar-refractivity contribution in [3.05, 3.63) is 129 Å². The minimum Gasteiger partial charge on any atom is -0.299 e. The predicted octanol–water partition coefficient (Wildman–Crippen LogP) is 7.14. The molecule has 0 aliphatic carbocycles. The van der Waals surface area contributed by atoms with Crippen molar-refractivity contribution in [2.45, 2.75) is 54.6 Å². The number of carbonyl (C=O) groups excluding carboxylic acids is 1. The van der Waals surface area contributed by atoms with Crippen molar-refractivity contribution in [1.82, 2.24) is 8.61 Å². The average Bonchev–Trinajstić information content (AvgIpc) is 3.01. The Bertz CT molecular complexity index is 1930. The number of piperidine rings is 2. The molecular weight excluding hydrogens is 651 g/mol. The maximum absolute atomic E-state index is 14.6. The molecule has 11 heteroatoms. The second kappa shape index (κ2) is 12.3. The van der Waals surface area contributed by atoms with Crippen LogP contribution in [-0.2, 0) is 24.8 Å². The molecule has 0 aromatic heterocycles. The third kappa shape index (κ3) is 6.10. The molecule has 234 valence electrons. The van der Waals surface area contributed by atoms with Gasteiger partial charge in [0.1, 0.15) is 5.78 Å². The third-order valence-electron chi connectivity index (χ3n) is 8.83. The van der Waals surface area contributed by atoms with Crippen molar-refractivity contribution in [2.75, 3.05) is 6.54 Å². The zero-order valence-corrected chi connectivity index (χ0v) is 27.8. The highest BCUT2D eigenvalue weighted by molar-refractivity contribution is 7.89. The first-order valence-electron chi connectivity index (χ1n) is 14.6. The Morgan fingerprint density at radius 3 is 1.64 bits per heavy atom. The molecule has 2 aliphatic rings. The quantitative estimate of drug-likeness (QED) is 0.216. The zero-order chi connectivity index (χ0) is 32.1. The summed E-state index contributed by atoms with van der Waals surface area (Å²) in [5, 5.41) is 0.882. The average molecular weight is 684 g/mol. The molecule has 0 radical (unpaired) electrons. The van der Waals surface area contributed by atoms with E-state index in [1.165, 1.54) is 32.9 Å². The summed E-state index contributed by atoms with van der Waals surface area (Å²) in [5.41, 5.74) is 3.27. The number of ketones is 1. The van der Waals surface area contributed by atoms with Crippen molar-refractivity contribution < 1.29 is 21.6 Å². The first-order valence-corrected chi connectivity index (χ1v) is 18.2. The Morgan fingerprint density at radius 1 is 0.622 bits per heavy atom. The summed E-state index contributed by atoms with van der Waals surface area (Å²) in [6.07, 6.45) is -0.0145. The number of sulfonamides is 2. The molecule has 2 saturated heterocycles. The molecule has 7 nitrogen and oxygen atoms in total. The van der Waals surface area contributed by atoms with Gasteiger partial charge in [-0.3, -0.25) is 4.79 Å². The van der Waals surface area contributed by atoms with E-state index in [4.69, 9.17) is 23.2 Å². The Balaban J connectivity index is 1.51. The molecule has 2 fully saturated rings. The number of nitrogens with zero attached hydrogens (tertiary/aromatic N) is 2. The third-order valence-corrected chi connectivity index (χ3v) is 13.2. The van der Waals surface area contributed by atoms with Crippen LogP contribution in [0.2, 0.25) is 10.0 Å². The van der Waals surface area contributed by atoms with Crippen molar-refractivity contribution in [3.63, 3.8) is 0 Å². The van der Waals surface area contributed by atoms with Gasteiger partial charge in [0.05, 0.1) is 21.9 Å². The van der Waals surface area contributed by atoms with E-state index in [1.807, 2.05) is 38.1 Å². The molecular formula is C34H32Cl2N2O5S2. The number of aryl methyl sites for hydroxylation is 2. The van der Waals surface area contributed by atoms with Gasteiger partial charge < -0.3 is 0 Å². The summed E-state index contributed by atoms with van der Waals surface area (Å²) in [7, 11) is -8.24. The van der Waals surface area contributed by atoms with E-state index in [1.54, 1.807) is 48.5 Å². The Kier molecular flexibility index (Phi) is 8.71. The van der Waals surface area contributed by atoms with Crippen molar-refractivity contribution in [1.29, 1.82) is 0 Å². The van der Waals surface area contributed by atoms with Gasteiger partial charge >= 0.3 is 0 Å². The van der Waals surface area contributed by atoms with Crippen molar-refractivity contribution in [3.8, 4) is 0 Å². The fraction of sp³-hybridized carbons (Fsp3) is 0.265. The SMILES string of the molecule is Cc1ccc([C@@H]2CC(=O)[C@@H]3CN(S(=O)(=O)c4ccc(C)cc4)[C@H](c4ccc(Cl)cc4)C[C@@H]3N2S(=O)(=O)c2ccc(Cl)cc2)cc1. The van der Waals surface area contributed by atoms with Gasteiger partial charge in [0.25, 0.3) is 0 Å². The minimum absolute atomic E-state index is 0.0508. The molecule has 0 amide bonds. The topological polar surface area (TPSA) is 91.8 Å². The number of rotatable bonds is 6. The van der Waals surface area contributed by atoms with E-state index in [9.17, 15) is 21.6 Å². The lowest BCUT2D eigenvalue weighted by Gasteiger charge is -2.51. The largest absolute Gasteiger partial charge is 0.299 e. The zero-order valence-electron chi connectivity index (χ0n) is 24.7. The lowest BCUT2D eigenvalue weighted by atomic mass is 9.77. The van der Waals surface area contributed by atoms with Gasteiger partial charge in [0.15, 0.2) is 0 Å². The number of hydrogen-bond donors (Lipinski definition) is 0. The van der Waals surface area contributed by atoms with E-state index in [0.29, 0.717) is 21.2 Å². The maximum atomic E-state index is 14.6. The maximum Gasteiger partial charge on any atom is 0.243 e. The Hall–Kier alpha value is -3.05. The lowest BCUT2D eigenvalue weighted by Crippen LogP contribution is -2.60. The van der Waals surface area contributed by atoms with Crippen LogP contribution in [0.4, 0.5) is 0 Å². The lowest BCUT2D eigenvalue weighted by molar-refractivity contribution is -0.132. The van der Waals surface area contributed by atoms with E-state index >= 15 is 0 Å². The molecule has 2 aliphatic heterocycles. The number of benzene rings is 4. The highest BCUT2D eigenvalue weighted by Crippen LogP contribution is 2.48. The number of carbonyl (C=O) groups is 1. The molecule has 0 unspecified atom stereocenters. The number of Topliss-reactive ketones (excluding diaryl/α,β-unsaturated/α-hetero) is 1. The van der Waals surface area contributed by atoms with Gasteiger partial charge in [-0.2, -0.15) is 8.61 Å². The summed E-state index contributed by atoms with van der Waals surface area (Å²) in [5.74, 6) is -1.05. The fourth-order valence-corrected chi connectivity index (χ4v) is 10.2. The molecule has 0 bridgehead atoms. The molecule has 0 saturated carbocycles. The highest BCUT2D eigenvalue weighted by Gasteiger charge is 2.54. The van der Waals surface area contributed by atoms with Crippen LogP contribution in [0.3, 0.4) is 0 Å². The first-order chi connectivity index (χ1) is 21.4. The van der Waals surface area contributed by atoms with Gasteiger partial charge in [0, 0.05) is 35.0 Å². The van der Waals surface area contributed by atoms with E-state index in [-0.39, 0.29) is 35.0 Å². The molecule has 2 heterocycles. The molecule has 6 rings (SSSR count). The van der Waals surface area contributed by atoms with Crippen LogP contribution in [0, 0.1) is 19.8 Å². The van der Waals surface area contributed by atoms with Crippen LogP contribution in [0.15, 0.2) is 107 Å². The van der Waals surface area contributed by atoms with Crippen LogP contribution in [0.1, 0.15) is 47.2 Å². The monoisotopic (exact) mass is 682 g/mol. The first kappa shape index (κ1) is 31.9. The molecule has 45 heavy (non-hydrogen) atoms. The molecule has 4 aromatic rings. The van der Waals surface area contributed by atoms with Gasteiger partial charge in [-0.05, 0) is 79.9 Å². The normalized spacial score (nSPS) is 23.1. The summed E-state index contributed by atoms with van der Waals surface area (Å²) < 4.78 is 60.4. The van der Waals surface area contributed by atoms with Crippen LogP contribution in [0.5, 0.6) is 0 Å². The Morgan fingerprint density at radius 2 is 1.07 bits per heavy atom. The van der Waals surface area contributed by atoms with E-state index in [2.05, 4.69) is 0 Å². The van der Waals surface area contributed by atoms with Gasteiger partial charge in [-0.15, -0.1) is 0 Å². The molecule has 4 aromatic carbocycles. The second-order valence-electron chi connectivity index (χ2n) is 11.8. The van der Waals surface area contributed by atoms with Gasteiger partial charge in [0.2, 0.25) is 20.0 Å². The molecule has 4 atom stereocenters. The molecule has 0 spiro atoms. The van der Waals surface area contributed by atoms with E-state index < -0.39 is 44.1 Å². The van der Waals surface area contributed by atoms with Gasteiger partial charge in [-0.25, -0.2) is 16.8 Å². The standard InChI is InChI=1S/C34H32Cl2N2O5S2/c1-22-3-7-25(8-4-22)32-20-34(39)30-21-37(44(40,41)28-15-5-23(2)6-16-28)31(24-9-11-26(35)12-10-24)19-33(30)38(32)45(42,43)29-17-13-27(36)14-18-29/h3-18,30-33H,19-21H2,1-2H3/t30-,31+,32+,33+/m1/s1. The number of fused-ring (bicyclic) bond motifs is 1. The van der Waals surface area contributed by atoms with Gasteiger partial charge in [-0.1, -0.05) is 82.9 Å². The minimum atomic E-state index is -4.17. The second-order valence-corrected chi connectivity index (χ2v) is 16.4. The summed E-state index contributed by atoms with van der Waals surface area (Å²) in [6, 6.07) is 24.6. The smallest absolute Gasteiger partial charge is 0.243 e. The van der Waals surface area contributed by atoms with E-state index in [0.717, 1.165) is 11.1 Å². The van der Waals surface area contributed by atoms with Crippen LogP contribution in [0.25, 0.3) is 0 Å². The summed E-state index contributed by atoms with van der Waals surface area (Å²) in [6.45, 7) is 3.65. The van der Waals surface area contributed by atoms with Crippen molar-refractivity contribution in [2.24, 2.45) is 5.92 Å². The Labute approximate surface area is 274 Å². The van der Waals surface area contributed by atoms with Crippen molar-refractivity contribution >= 4 is 49.0 Å². The van der Waals surface area contributed by atoms with Crippen LogP contribution >= 0.6 is 23.2 Å². The van der Waals surface area contributed by atoms with Crippen LogP contribution in [-0.4, -0.2) is 43.8 Å². The molecule has 0 N–H and O–H groups in total. The number of halogens is 2. The van der Waals surface area contributed by atoms with Crippen LogP contribution < -0.4 is 0 Å². The summed E-state index contributed by atoms with van der Waals surface area (Å²) >= 11 is 12.3. The predicted molar refractivity (Wildman–Crippen MR) is 175 cm³/mol. The highest BCUT2D eigenvalue weighted by atomic mass is 35.5. The summed E-state index contributed by atoms with van der Waals surface area (Å²) in [4.78, 5) is 14.2.